The molecule has 1 heterocycles. The van der Waals surface area contributed by atoms with Crippen LogP contribution in [0.4, 0.5) is 5.69 Å². The summed E-state index contributed by atoms with van der Waals surface area (Å²) in [7, 11) is 0. The van der Waals surface area contributed by atoms with E-state index >= 15 is 0 Å². The molecule has 0 radical (unpaired) electrons. The molecule has 0 amide bonds. The summed E-state index contributed by atoms with van der Waals surface area (Å²) in [5.41, 5.74) is 11.3. The van der Waals surface area contributed by atoms with Crippen LogP contribution in [0, 0.1) is 0 Å². The molecule has 7 heteroatoms. The second kappa shape index (κ2) is 27.3. The van der Waals surface area contributed by atoms with Crippen LogP contribution in [-0.4, -0.2) is 28.9 Å². The standard InChI is InChI=1S/C40H35N2O.3C7H5O.Zr/c1-29(37-24-15-25-38(42-37)40(2,43)28-30-16-7-3-8-17-30)41-39-35(32-20-11-5-12-21-32)26-34(31-18-9-4-10-19-31)27-36(39)33-22-13-6-14-23-33;3*8-6-7-4-2-1-3-5-7;/h3-27,29,43H,28H2,1-2H3;3*1-5H;/q4*-1;+2/p+1. The van der Waals surface area contributed by atoms with Crippen molar-refractivity contribution in [3.8, 4) is 33.4 Å². The second-order valence-electron chi connectivity index (χ2n) is 15.7. The molecule has 334 valence electrons. The van der Waals surface area contributed by atoms with Crippen LogP contribution in [-0.2, 0) is 52.6 Å². The number of hydrogen-bond donors (Lipinski definition) is 0. The van der Waals surface area contributed by atoms with Gasteiger partial charge in [-0.2, -0.15) is 53.1 Å². The predicted octanol–water partition coefficient (Wildman–Crippen LogP) is 13.5. The first kappa shape index (κ1) is 51.5. The molecule has 6 nitrogen and oxygen atoms in total. The Labute approximate surface area is 419 Å². The Morgan fingerprint density at radius 2 is 0.824 bits per heavy atom. The molecule has 0 aliphatic carbocycles. The maximum absolute atomic E-state index is 9.88. The number of aromatic nitrogens is 1. The molecule has 0 saturated heterocycles. The molecular weight excluding hydrogens is 916 g/mol. The fourth-order valence-electron chi connectivity index (χ4n) is 7.11. The predicted molar refractivity (Wildman–Crippen MR) is 273 cm³/mol. The molecule has 0 fully saturated rings. The van der Waals surface area contributed by atoms with E-state index in [2.05, 4.69) is 104 Å². The first-order chi connectivity index (χ1) is 32.8. The summed E-state index contributed by atoms with van der Waals surface area (Å²) < 4.78 is 0. The van der Waals surface area contributed by atoms with Crippen molar-refractivity contribution < 1.29 is 45.7 Å². The maximum atomic E-state index is 9.88. The van der Waals surface area contributed by atoms with Crippen LogP contribution < -0.4 is 0 Å². The maximum Gasteiger partial charge on any atom is 2.00 e. The Morgan fingerprint density at radius 1 is 0.471 bits per heavy atom. The molecule has 0 bridgehead atoms. The van der Waals surface area contributed by atoms with Crippen molar-refractivity contribution in [3.05, 3.63) is 282 Å². The summed E-state index contributed by atoms with van der Waals surface area (Å²) in [4.78, 5) is 34.7. The first-order valence-electron chi connectivity index (χ1n) is 21.9. The van der Waals surface area contributed by atoms with Crippen molar-refractivity contribution in [2.24, 2.45) is 0 Å². The molecule has 8 aromatic carbocycles. The van der Waals surface area contributed by atoms with Gasteiger partial charge < -0.3 is 24.8 Å². The summed E-state index contributed by atoms with van der Waals surface area (Å²) in [6.07, 6.45) is 5.92. The van der Waals surface area contributed by atoms with Crippen LogP contribution in [0.15, 0.2) is 243 Å². The van der Waals surface area contributed by atoms with E-state index in [1.807, 2.05) is 79.7 Å². The van der Waals surface area contributed by atoms with Crippen LogP contribution in [0.3, 0.4) is 0 Å². The third-order valence-corrected chi connectivity index (χ3v) is 10.5. The van der Waals surface area contributed by atoms with Crippen molar-refractivity contribution >= 4 is 24.5 Å². The number of nitrogens with zero attached hydrogens (tertiary/aromatic N) is 2. The molecule has 0 spiro atoms. The average Bonchev–Trinajstić information content (AvgIpc) is 3.41. The Balaban J connectivity index is 0.000000278. The molecule has 9 rings (SSSR count). The summed E-state index contributed by atoms with van der Waals surface area (Å²) in [5, 5.41) is 14.6. The molecule has 2 N–H and O–H groups in total. The minimum absolute atomic E-state index is 0. The van der Waals surface area contributed by atoms with Gasteiger partial charge in [0.2, 0.25) is 5.60 Å². The fourth-order valence-corrected chi connectivity index (χ4v) is 7.11. The quantitative estimate of drug-likeness (QED) is 0.0899. The zero-order chi connectivity index (χ0) is 47.1. The Hall–Kier alpha value is -7.44. The summed E-state index contributed by atoms with van der Waals surface area (Å²) in [6.45, 7) is 4.04. The molecule has 0 aliphatic heterocycles. The van der Waals surface area contributed by atoms with Crippen LogP contribution in [0.25, 0.3) is 38.7 Å². The van der Waals surface area contributed by atoms with Crippen molar-refractivity contribution in [2.75, 3.05) is 0 Å². The van der Waals surface area contributed by atoms with E-state index in [-0.39, 0.29) is 32.2 Å². The normalized spacial score (nSPS) is 11.3. The zero-order valence-corrected chi connectivity index (χ0v) is 40.5. The molecule has 0 aliphatic rings. The van der Waals surface area contributed by atoms with E-state index in [1.54, 1.807) is 91.7 Å². The zero-order valence-electron chi connectivity index (χ0n) is 38.0. The van der Waals surface area contributed by atoms with E-state index < -0.39 is 5.60 Å². The Bertz CT molecular complexity index is 2700. The molecule has 68 heavy (non-hydrogen) atoms. The van der Waals surface area contributed by atoms with Crippen LogP contribution in [0.5, 0.6) is 0 Å². The van der Waals surface area contributed by atoms with Crippen LogP contribution >= 0.6 is 0 Å². The molecule has 0 saturated carbocycles. The van der Waals surface area contributed by atoms with Crippen LogP contribution in [0.1, 0.15) is 53.5 Å². The first-order valence-corrected chi connectivity index (χ1v) is 21.9. The van der Waals surface area contributed by atoms with E-state index in [0.717, 1.165) is 50.5 Å². The van der Waals surface area contributed by atoms with Gasteiger partial charge in [0.1, 0.15) is 5.69 Å². The number of carbonyl (C=O) groups excluding carboxylic acids is 3. The number of hydrogen-bond acceptors (Lipinski definition) is 4. The molecule has 2 atom stereocenters. The number of pyridine rings is 1. The fraction of sp³-hybridized carbons (Fsp3) is 0.0820. The average molecular weight is 967 g/mol. The Kier molecular flexibility index (Phi) is 20.7. The van der Waals surface area contributed by atoms with Gasteiger partial charge in [-0.3, -0.25) is 4.98 Å². The van der Waals surface area contributed by atoms with Gasteiger partial charge >= 0.3 is 26.2 Å². The van der Waals surface area contributed by atoms with Gasteiger partial charge in [-0.25, -0.2) is 0 Å². The molecule has 1 aromatic heterocycles. The molecule has 9 aromatic rings. The van der Waals surface area contributed by atoms with Gasteiger partial charge in [-0.1, -0.05) is 159 Å². The molecular formula is C61H51N2O4Zr-. The minimum Gasteiger partial charge on any atom is -0.676 e. The van der Waals surface area contributed by atoms with Gasteiger partial charge in [-0.05, 0) is 63.2 Å². The second-order valence-corrected chi connectivity index (χ2v) is 15.7. The SMILES string of the molecule is CC([N-]c1c(-c2ccccc2)cc(-c2ccccc2)cc1-c1ccccc1)c1cccc(C(C)([OH2+])Cc2ccccc2)n1.O=[C-]c1ccccc1.O=[C-]c1ccccc1.O=[C-]c1ccccc1.[Zr+2]. The van der Waals surface area contributed by atoms with Gasteiger partial charge in [-0.15, -0.1) is 42.1 Å². The van der Waals surface area contributed by atoms with E-state index in [9.17, 15) is 14.4 Å². The monoisotopic (exact) mass is 965 g/mol. The summed E-state index contributed by atoms with van der Waals surface area (Å²) in [5.74, 6) is 0. The van der Waals surface area contributed by atoms with Gasteiger partial charge in [0.15, 0.2) is 0 Å². The minimum atomic E-state index is -0.862. The number of rotatable bonds is 12. The van der Waals surface area contributed by atoms with Gasteiger partial charge in [0.25, 0.3) is 0 Å². The summed E-state index contributed by atoms with van der Waals surface area (Å²) in [6, 6.07) is 78.7. The molecule has 2 unspecified atom stereocenters. The van der Waals surface area contributed by atoms with E-state index in [1.165, 1.54) is 5.56 Å². The van der Waals surface area contributed by atoms with Crippen molar-refractivity contribution in [1.29, 1.82) is 0 Å². The smallest absolute Gasteiger partial charge is 0.676 e. The topological polar surface area (TPSA) is 101 Å². The number of benzene rings is 8. The van der Waals surface area contributed by atoms with Crippen molar-refractivity contribution in [3.63, 3.8) is 0 Å². The Morgan fingerprint density at radius 3 is 1.19 bits per heavy atom. The summed E-state index contributed by atoms with van der Waals surface area (Å²) >= 11 is 0. The van der Waals surface area contributed by atoms with Crippen LogP contribution in [0.2, 0.25) is 0 Å². The van der Waals surface area contributed by atoms with Gasteiger partial charge in [0, 0.05) is 12.6 Å². The third kappa shape index (κ3) is 15.6. The van der Waals surface area contributed by atoms with Crippen molar-refractivity contribution in [1.82, 2.24) is 4.98 Å². The van der Waals surface area contributed by atoms with Crippen molar-refractivity contribution in [2.45, 2.75) is 31.9 Å². The van der Waals surface area contributed by atoms with Gasteiger partial charge in [0.05, 0.1) is 25.3 Å². The van der Waals surface area contributed by atoms with E-state index in [0.29, 0.717) is 23.1 Å². The largest absolute Gasteiger partial charge is 2.00 e. The third-order valence-electron chi connectivity index (χ3n) is 10.5. The van der Waals surface area contributed by atoms with E-state index in [4.69, 9.17) is 15.4 Å².